The summed E-state index contributed by atoms with van der Waals surface area (Å²) in [4.78, 5) is 16.7. The summed E-state index contributed by atoms with van der Waals surface area (Å²) in [6.45, 7) is 0.677. The maximum atomic E-state index is 12.1. The standard InChI is InChI=1S/C17H23N3OS.2ClH/c18-11-12-5-3-7-13(12)19-16(21)9-4-10-17-20-14-6-1-2-8-15(14)22-17;;/h1-2,6,8,12-13H,3-5,7,9-11,18H2,(H,19,21);2*1H. The number of benzene rings is 1. The number of nitrogens with zero attached hydrogens (tertiary/aromatic N) is 1. The number of amides is 1. The van der Waals surface area contributed by atoms with Gasteiger partial charge in [0.05, 0.1) is 15.2 Å². The minimum Gasteiger partial charge on any atom is -0.353 e. The number of halogens is 2. The van der Waals surface area contributed by atoms with Crippen LogP contribution in [0.1, 0.15) is 37.1 Å². The topological polar surface area (TPSA) is 68.0 Å². The van der Waals surface area contributed by atoms with Crippen molar-refractivity contribution in [3.05, 3.63) is 29.3 Å². The van der Waals surface area contributed by atoms with Gasteiger partial charge in [0.15, 0.2) is 0 Å². The van der Waals surface area contributed by atoms with Crippen LogP contribution < -0.4 is 11.1 Å². The average Bonchev–Trinajstić information content (AvgIpc) is 3.12. The molecule has 2 aromatic rings. The zero-order chi connectivity index (χ0) is 15.4. The zero-order valence-corrected chi connectivity index (χ0v) is 16.0. The van der Waals surface area contributed by atoms with Crippen molar-refractivity contribution < 1.29 is 4.79 Å². The van der Waals surface area contributed by atoms with Gasteiger partial charge in [-0.05, 0) is 50.3 Å². The fourth-order valence-corrected chi connectivity index (χ4v) is 4.22. The zero-order valence-electron chi connectivity index (χ0n) is 13.6. The van der Waals surface area contributed by atoms with Crippen LogP contribution >= 0.6 is 36.2 Å². The molecule has 3 rings (SSSR count). The van der Waals surface area contributed by atoms with Gasteiger partial charge in [-0.2, -0.15) is 0 Å². The lowest BCUT2D eigenvalue weighted by molar-refractivity contribution is -0.122. The molecule has 2 unspecified atom stereocenters. The average molecular weight is 390 g/mol. The van der Waals surface area contributed by atoms with E-state index in [0.717, 1.165) is 36.2 Å². The van der Waals surface area contributed by atoms with Crippen LogP contribution in [0.5, 0.6) is 0 Å². The monoisotopic (exact) mass is 389 g/mol. The number of fused-ring (bicyclic) bond motifs is 1. The van der Waals surface area contributed by atoms with E-state index in [2.05, 4.69) is 16.4 Å². The summed E-state index contributed by atoms with van der Waals surface area (Å²) in [5.41, 5.74) is 6.81. The number of hydrogen-bond acceptors (Lipinski definition) is 4. The maximum Gasteiger partial charge on any atom is 0.220 e. The first kappa shape index (κ1) is 21.2. The van der Waals surface area contributed by atoms with Crippen LogP contribution in [0.15, 0.2) is 24.3 Å². The number of nitrogens with one attached hydrogen (secondary N) is 1. The highest BCUT2D eigenvalue weighted by atomic mass is 35.5. The molecule has 3 N–H and O–H groups in total. The highest BCUT2D eigenvalue weighted by Crippen LogP contribution is 2.25. The van der Waals surface area contributed by atoms with Crippen molar-refractivity contribution in [2.24, 2.45) is 11.7 Å². The van der Waals surface area contributed by atoms with E-state index in [1.165, 1.54) is 11.1 Å². The van der Waals surface area contributed by atoms with Gasteiger partial charge in [-0.3, -0.25) is 4.79 Å². The third kappa shape index (κ3) is 5.31. The Hall–Kier alpha value is -0.880. The molecule has 1 amide bonds. The van der Waals surface area contributed by atoms with Gasteiger partial charge in [0.1, 0.15) is 0 Å². The predicted molar refractivity (Wildman–Crippen MR) is 105 cm³/mol. The SMILES string of the molecule is Cl.Cl.NCC1CCCC1NC(=O)CCCc1nc2ccccc2s1. The number of para-hydroxylation sites is 1. The summed E-state index contributed by atoms with van der Waals surface area (Å²) in [5, 5.41) is 4.28. The van der Waals surface area contributed by atoms with Crippen LogP contribution in [0, 0.1) is 5.92 Å². The van der Waals surface area contributed by atoms with E-state index in [-0.39, 0.29) is 30.7 Å². The van der Waals surface area contributed by atoms with Crippen LogP contribution in [-0.4, -0.2) is 23.5 Å². The summed E-state index contributed by atoms with van der Waals surface area (Å²) in [7, 11) is 0. The summed E-state index contributed by atoms with van der Waals surface area (Å²) in [6, 6.07) is 8.47. The van der Waals surface area contributed by atoms with Gasteiger partial charge in [-0.1, -0.05) is 18.6 Å². The van der Waals surface area contributed by atoms with Gasteiger partial charge in [0, 0.05) is 12.5 Å². The lowest BCUT2D eigenvalue weighted by Gasteiger charge is -2.19. The molecule has 0 saturated heterocycles. The molecule has 0 aliphatic heterocycles. The van der Waals surface area contributed by atoms with Crippen molar-refractivity contribution in [3.63, 3.8) is 0 Å². The van der Waals surface area contributed by atoms with Gasteiger partial charge in [0.25, 0.3) is 0 Å². The molecule has 1 aromatic heterocycles. The molecule has 24 heavy (non-hydrogen) atoms. The van der Waals surface area contributed by atoms with Crippen LogP contribution in [0.25, 0.3) is 10.2 Å². The Morgan fingerprint density at radius 2 is 2.08 bits per heavy atom. The Morgan fingerprint density at radius 3 is 2.83 bits per heavy atom. The fraction of sp³-hybridized carbons (Fsp3) is 0.529. The molecular weight excluding hydrogens is 365 g/mol. The largest absolute Gasteiger partial charge is 0.353 e. The second-order valence-corrected chi connectivity index (χ2v) is 7.14. The molecule has 2 atom stereocenters. The van der Waals surface area contributed by atoms with Crippen molar-refractivity contribution in [1.29, 1.82) is 0 Å². The van der Waals surface area contributed by atoms with E-state index in [4.69, 9.17) is 5.73 Å². The highest BCUT2D eigenvalue weighted by molar-refractivity contribution is 7.18. The van der Waals surface area contributed by atoms with Gasteiger partial charge >= 0.3 is 0 Å². The van der Waals surface area contributed by atoms with E-state index < -0.39 is 0 Å². The molecule has 1 heterocycles. The Labute approximate surface area is 159 Å². The minimum absolute atomic E-state index is 0. The Morgan fingerprint density at radius 1 is 1.29 bits per heavy atom. The van der Waals surface area contributed by atoms with Crippen LogP contribution in [0.2, 0.25) is 0 Å². The van der Waals surface area contributed by atoms with E-state index in [1.54, 1.807) is 11.3 Å². The molecule has 1 aliphatic carbocycles. The van der Waals surface area contributed by atoms with Crippen molar-refractivity contribution in [2.45, 2.75) is 44.6 Å². The number of carbonyl (C=O) groups is 1. The minimum atomic E-state index is 0. The van der Waals surface area contributed by atoms with Gasteiger partial charge in [-0.25, -0.2) is 4.98 Å². The third-order valence-electron chi connectivity index (χ3n) is 4.44. The second kappa shape index (κ2) is 10.2. The van der Waals surface area contributed by atoms with Gasteiger partial charge in [-0.15, -0.1) is 36.2 Å². The van der Waals surface area contributed by atoms with Crippen molar-refractivity contribution in [1.82, 2.24) is 10.3 Å². The molecule has 1 aromatic carbocycles. The van der Waals surface area contributed by atoms with E-state index in [0.29, 0.717) is 24.9 Å². The first-order valence-corrected chi connectivity index (χ1v) is 8.92. The lowest BCUT2D eigenvalue weighted by Crippen LogP contribution is -2.39. The molecule has 4 nitrogen and oxygen atoms in total. The molecular formula is C17H25Cl2N3OS. The third-order valence-corrected chi connectivity index (χ3v) is 5.54. The number of nitrogens with two attached hydrogens (primary N) is 1. The number of carbonyl (C=O) groups excluding carboxylic acids is 1. The van der Waals surface area contributed by atoms with E-state index in [1.807, 2.05) is 18.2 Å². The summed E-state index contributed by atoms with van der Waals surface area (Å²) in [5.74, 6) is 0.625. The first-order chi connectivity index (χ1) is 10.8. The lowest BCUT2D eigenvalue weighted by atomic mass is 10.0. The summed E-state index contributed by atoms with van der Waals surface area (Å²) >= 11 is 1.73. The quantitative estimate of drug-likeness (QED) is 0.790. The number of rotatable bonds is 6. The van der Waals surface area contributed by atoms with Gasteiger partial charge in [0.2, 0.25) is 5.91 Å². The number of hydrogen-bond donors (Lipinski definition) is 2. The summed E-state index contributed by atoms with van der Waals surface area (Å²) in [6.07, 6.45) is 5.70. The van der Waals surface area contributed by atoms with Crippen LogP contribution in [0.4, 0.5) is 0 Å². The Kier molecular flexibility index (Phi) is 8.98. The van der Waals surface area contributed by atoms with E-state index in [9.17, 15) is 4.79 Å². The first-order valence-electron chi connectivity index (χ1n) is 8.10. The van der Waals surface area contributed by atoms with Crippen molar-refractivity contribution >= 4 is 52.3 Å². The molecule has 1 fully saturated rings. The number of thiazole rings is 1. The molecule has 0 bridgehead atoms. The summed E-state index contributed by atoms with van der Waals surface area (Å²) < 4.78 is 1.22. The van der Waals surface area contributed by atoms with Crippen LogP contribution in [-0.2, 0) is 11.2 Å². The molecule has 134 valence electrons. The predicted octanol–water partition coefficient (Wildman–Crippen LogP) is 3.71. The highest BCUT2D eigenvalue weighted by Gasteiger charge is 2.26. The Bertz CT molecular complexity index is 617. The fourth-order valence-electron chi connectivity index (χ4n) is 3.21. The molecule has 7 heteroatoms. The van der Waals surface area contributed by atoms with Gasteiger partial charge < -0.3 is 11.1 Å². The second-order valence-electron chi connectivity index (χ2n) is 6.03. The molecule has 1 saturated carbocycles. The molecule has 0 radical (unpaired) electrons. The number of aryl methyl sites for hydroxylation is 1. The van der Waals surface area contributed by atoms with Crippen molar-refractivity contribution in [3.8, 4) is 0 Å². The maximum absolute atomic E-state index is 12.1. The normalized spacial score (nSPS) is 19.5. The Balaban J connectivity index is 0.00000144. The molecule has 0 spiro atoms. The van der Waals surface area contributed by atoms with Crippen molar-refractivity contribution in [2.75, 3.05) is 6.54 Å². The smallest absolute Gasteiger partial charge is 0.220 e. The van der Waals surface area contributed by atoms with Crippen LogP contribution in [0.3, 0.4) is 0 Å². The molecule has 1 aliphatic rings. The number of aromatic nitrogens is 1. The van der Waals surface area contributed by atoms with E-state index >= 15 is 0 Å².